The molecule has 3 rings (SSSR count). The Kier molecular flexibility index (Phi) is 3.67. The van der Waals surface area contributed by atoms with E-state index in [1.54, 1.807) is 0 Å². The lowest BCUT2D eigenvalue weighted by Crippen LogP contribution is -2.31. The summed E-state index contributed by atoms with van der Waals surface area (Å²) in [6, 6.07) is 4.38. The van der Waals surface area contributed by atoms with Crippen LogP contribution in [0.3, 0.4) is 0 Å². The van der Waals surface area contributed by atoms with Crippen molar-refractivity contribution in [1.82, 2.24) is 5.32 Å². The molecule has 1 aromatic carbocycles. The standard InChI is InChI=1S/C15H19ClN2O/c16-14-7-11-9-18-6-5-10(11)8-15(14)19-13-3-1-12(17)2-4-13/h5-8,12-13,18H,1-4,9,17H2. The number of hydrogen-bond acceptors (Lipinski definition) is 3. The number of benzene rings is 1. The summed E-state index contributed by atoms with van der Waals surface area (Å²) in [5.74, 6) is 0.799. The maximum absolute atomic E-state index is 6.31. The van der Waals surface area contributed by atoms with Crippen molar-refractivity contribution in [3.05, 3.63) is 34.5 Å². The predicted octanol–water partition coefficient (Wildman–Crippen LogP) is 3.06. The number of nitrogens with one attached hydrogen (secondary N) is 1. The van der Waals surface area contributed by atoms with Crippen molar-refractivity contribution >= 4 is 17.7 Å². The minimum atomic E-state index is 0.251. The van der Waals surface area contributed by atoms with Gasteiger partial charge >= 0.3 is 0 Å². The molecule has 1 heterocycles. The minimum Gasteiger partial charge on any atom is -0.489 e. The van der Waals surface area contributed by atoms with E-state index in [1.807, 2.05) is 18.3 Å². The maximum atomic E-state index is 6.31. The van der Waals surface area contributed by atoms with Crippen LogP contribution in [0.5, 0.6) is 5.75 Å². The topological polar surface area (TPSA) is 47.3 Å². The van der Waals surface area contributed by atoms with Crippen molar-refractivity contribution < 1.29 is 4.74 Å². The lowest BCUT2D eigenvalue weighted by molar-refractivity contribution is 0.147. The number of hydrogen-bond donors (Lipinski definition) is 2. The number of ether oxygens (including phenoxy) is 1. The van der Waals surface area contributed by atoms with E-state index in [9.17, 15) is 0 Å². The van der Waals surface area contributed by atoms with Crippen molar-refractivity contribution in [2.45, 2.75) is 44.4 Å². The highest BCUT2D eigenvalue weighted by molar-refractivity contribution is 6.32. The van der Waals surface area contributed by atoms with Crippen LogP contribution in [-0.4, -0.2) is 12.1 Å². The Morgan fingerprint density at radius 3 is 2.79 bits per heavy atom. The average Bonchev–Trinajstić information content (AvgIpc) is 2.42. The van der Waals surface area contributed by atoms with E-state index < -0.39 is 0 Å². The van der Waals surface area contributed by atoms with Gasteiger partial charge in [-0.05, 0) is 61.2 Å². The van der Waals surface area contributed by atoms with Gasteiger partial charge in [0.2, 0.25) is 0 Å². The van der Waals surface area contributed by atoms with Gasteiger partial charge in [0.15, 0.2) is 0 Å². The maximum Gasteiger partial charge on any atom is 0.138 e. The van der Waals surface area contributed by atoms with Crippen LogP contribution in [0.15, 0.2) is 18.3 Å². The summed E-state index contributed by atoms with van der Waals surface area (Å²) in [6.45, 7) is 0.824. The van der Waals surface area contributed by atoms with E-state index in [1.165, 1.54) is 11.1 Å². The first-order valence-corrected chi connectivity index (χ1v) is 7.25. The molecule has 0 radical (unpaired) electrons. The second-order valence-corrected chi connectivity index (χ2v) is 5.76. The SMILES string of the molecule is NC1CCC(Oc2cc3c(cc2Cl)CNC=C3)CC1. The molecule has 1 aliphatic carbocycles. The molecular formula is C15H19ClN2O. The first kappa shape index (κ1) is 12.8. The first-order valence-electron chi connectivity index (χ1n) is 6.87. The predicted molar refractivity (Wildman–Crippen MR) is 78.2 cm³/mol. The highest BCUT2D eigenvalue weighted by atomic mass is 35.5. The molecule has 1 aliphatic heterocycles. The van der Waals surface area contributed by atoms with Crippen LogP contribution in [-0.2, 0) is 6.54 Å². The Balaban J connectivity index is 1.76. The molecule has 2 aliphatic rings. The fourth-order valence-corrected chi connectivity index (χ4v) is 2.94. The van der Waals surface area contributed by atoms with Gasteiger partial charge in [-0.25, -0.2) is 0 Å². The molecule has 0 aromatic heterocycles. The molecule has 3 nitrogen and oxygen atoms in total. The molecule has 102 valence electrons. The van der Waals surface area contributed by atoms with E-state index in [2.05, 4.69) is 11.4 Å². The fraction of sp³-hybridized carbons (Fsp3) is 0.467. The quantitative estimate of drug-likeness (QED) is 0.874. The molecule has 1 fully saturated rings. The molecule has 0 unspecified atom stereocenters. The van der Waals surface area contributed by atoms with Gasteiger partial charge in [0.1, 0.15) is 5.75 Å². The Labute approximate surface area is 118 Å². The van der Waals surface area contributed by atoms with Gasteiger partial charge in [-0.15, -0.1) is 0 Å². The van der Waals surface area contributed by atoms with Gasteiger partial charge in [-0.3, -0.25) is 0 Å². The summed E-state index contributed by atoms with van der Waals surface area (Å²) < 4.78 is 6.06. The van der Waals surface area contributed by atoms with Crippen molar-refractivity contribution in [2.24, 2.45) is 5.73 Å². The van der Waals surface area contributed by atoms with Crippen molar-refractivity contribution in [2.75, 3.05) is 0 Å². The smallest absolute Gasteiger partial charge is 0.138 e. The minimum absolute atomic E-state index is 0.251. The third kappa shape index (κ3) is 2.88. The van der Waals surface area contributed by atoms with Crippen molar-refractivity contribution in [1.29, 1.82) is 0 Å². The second kappa shape index (κ2) is 5.43. The molecule has 0 amide bonds. The Bertz CT molecular complexity index is 493. The number of fused-ring (bicyclic) bond motifs is 1. The molecule has 0 spiro atoms. The largest absolute Gasteiger partial charge is 0.489 e. The zero-order chi connectivity index (χ0) is 13.2. The van der Waals surface area contributed by atoms with Crippen LogP contribution in [0.1, 0.15) is 36.8 Å². The summed E-state index contributed by atoms with van der Waals surface area (Å²) in [4.78, 5) is 0. The van der Waals surface area contributed by atoms with E-state index in [-0.39, 0.29) is 6.10 Å². The summed E-state index contributed by atoms with van der Waals surface area (Å²) in [5, 5.41) is 3.88. The zero-order valence-corrected chi connectivity index (χ0v) is 11.6. The van der Waals surface area contributed by atoms with E-state index in [0.29, 0.717) is 11.1 Å². The molecule has 1 saturated carbocycles. The Hall–Kier alpha value is -1.19. The Morgan fingerprint density at radius 1 is 1.21 bits per heavy atom. The fourth-order valence-electron chi connectivity index (χ4n) is 2.71. The average molecular weight is 279 g/mol. The van der Waals surface area contributed by atoms with Crippen LogP contribution in [0.4, 0.5) is 0 Å². The second-order valence-electron chi connectivity index (χ2n) is 5.35. The number of rotatable bonds is 2. The van der Waals surface area contributed by atoms with Gasteiger partial charge in [0.05, 0.1) is 11.1 Å². The molecule has 0 saturated heterocycles. The lowest BCUT2D eigenvalue weighted by Gasteiger charge is -2.27. The Morgan fingerprint density at radius 2 is 2.00 bits per heavy atom. The third-order valence-electron chi connectivity index (χ3n) is 3.88. The monoisotopic (exact) mass is 278 g/mol. The van der Waals surface area contributed by atoms with Crippen LogP contribution >= 0.6 is 11.6 Å². The molecule has 0 bridgehead atoms. The molecular weight excluding hydrogens is 260 g/mol. The summed E-state index contributed by atoms with van der Waals surface area (Å²) in [7, 11) is 0. The summed E-state index contributed by atoms with van der Waals surface area (Å²) >= 11 is 6.31. The van der Waals surface area contributed by atoms with Gasteiger partial charge in [0, 0.05) is 12.6 Å². The molecule has 1 aromatic rings. The van der Waals surface area contributed by atoms with Gasteiger partial charge < -0.3 is 15.8 Å². The molecule has 3 N–H and O–H groups in total. The van der Waals surface area contributed by atoms with Gasteiger partial charge in [0.25, 0.3) is 0 Å². The van der Waals surface area contributed by atoms with Crippen LogP contribution < -0.4 is 15.8 Å². The van der Waals surface area contributed by atoms with E-state index in [4.69, 9.17) is 22.1 Å². The highest BCUT2D eigenvalue weighted by Crippen LogP contribution is 2.33. The van der Waals surface area contributed by atoms with Gasteiger partial charge in [-0.1, -0.05) is 11.6 Å². The van der Waals surface area contributed by atoms with E-state index in [0.717, 1.165) is 38.0 Å². The highest BCUT2D eigenvalue weighted by Gasteiger charge is 2.21. The zero-order valence-electron chi connectivity index (χ0n) is 10.9. The van der Waals surface area contributed by atoms with E-state index >= 15 is 0 Å². The van der Waals surface area contributed by atoms with Crippen LogP contribution in [0.25, 0.3) is 6.08 Å². The third-order valence-corrected chi connectivity index (χ3v) is 4.17. The van der Waals surface area contributed by atoms with Crippen LogP contribution in [0, 0.1) is 0 Å². The summed E-state index contributed by atoms with van der Waals surface area (Å²) in [6.07, 6.45) is 8.38. The van der Waals surface area contributed by atoms with Gasteiger partial charge in [-0.2, -0.15) is 0 Å². The first-order chi connectivity index (χ1) is 9.22. The van der Waals surface area contributed by atoms with Crippen LogP contribution in [0.2, 0.25) is 5.02 Å². The molecule has 4 heteroatoms. The summed E-state index contributed by atoms with van der Waals surface area (Å²) in [5.41, 5.74) is 8.31. The normalized spacial score (nSPS) is 25.6. The van der Waals surface area contributed by atoms with Crippen molar-refractivity contribution in [3.8, 4) is 5.75 Å². The number of halogens is 1. The molecule has 0 atom stereocenters. The molecule has 19 heavy (non-hydrogen) atoms. The lowest BCUT2D eigenvalue weighted by atomic mass is 9.93. The number of nitrogens with two attached hydrogens (primary N) is 1. The van der Waals surface area contributed by atoms with Crippen molar-refractivity contribution in [3.63, 3.8) is 0 Å².